The van der Waals surface area contributed by atoms with Gasteiger partial charge in [0.25, 0.3) is 0 Å². The predicted octanol–water partition coefficient (Wildman–Crippen LogP) is 2.70. The number of carbonyl (C=O) groups is 2. The number of Topliss-reactive ketones (excluding diaryl/α,β-unsaturated/α-hetero) is 1. The molecule has 88 valence electrons. The lowest BCUT2D eigenvalue weighted by Gasteiger charge is -2.32. The zero-order valence-corrected chi connectivity index (χ0v) is 9.71. The van der Waals surface area contributed by atoms with Gasteiger partial charge in [0.05, 0.1) is 0 Å². The van der Waals surface area contributed by atoms with Gasteiger partial charge in [-0.1, -0.05) is 12.5 Å². The largest absolute Gasteiger partial charge is 0.481 e. The molecule has 3 heteroatoms. The van der Waals surface area contributed by atoms with Crippen LogP contribution in [0.25, 0.3) is 0 Å². The van der Waals surface area contributed by atoms with Crippen LogP contribution >= 0.6 is 0 Å². The van der Waals surface area contributed by atoms with Crippen molar-refractivity contribution in [2.24, 2.45) is 5.41 Å². The van der Waals surface area contributed by atoms with Crippen LogP contribution in [0, 0.1) is 5.41 Å². The number of carboxylic acid groups (broad SMARTS) is 1. The zero-order chi connectivity index (χ0) is 11.8. The maximum Gasteiger partial charge on any atom is 0.303 e. The van der Waals surface area contributed by atoms with Crippen molar-refractivity contribution in [3.63, 3.8) is 0 Å². The van der Waals surface area contributed by atoms with Gasteiger partial charge in [0.15, 0.2) is 5.78 Å². The lowest BCUT2D eigenvalue weighted by molar-refractivity contribution is -0.136. The van der Waals surface area contributed by atoms with Gasteiger partial charge in [-0.3, -0.25) is 9.59 Å². The Hall–Kier alpha value is -1.12. The number of allylic oxidation sites excluding steroid dienone is 2. The predicted molar refractivity (Wildman–Crippen MR) is 60.1 cm³/mol. The van der Waals surface area contributed by atoms with Crippen molar-refractivity contribution in [1.29, 1.82) is 0 Å². The van der Waals surface area contributed by atoms with Crippen molar-refractivity contribution in [3.8, 4) is 0 Å². The van der Waals surface area contributed by atoms with E-state index in [-0.39, 0.29) is 17.6 Å². The van der Waals surface area contributed by atoms with Gasteiger partial charge in [0.1, 0.15) is 0 Å². The highest BCUT2D eigenvalue weighted by molar-refractivity contribution is 5.97. The summed E-state index contributed by atoms with van der Waals surface area (Å²) in [6.07, 6.45) is 5.38. The molecule has 0 radical (unpaired) electrons. The first-order valence-electron chi connectivity index (χ1n) is 6.00. The number of carbonyl (C=O) groups excluding carboxylic acids is 1. The Balaban J connectivity index is 2.26. The Morgan fingerprint density at radius 3 is 2.81 bits per heavy atom. The molecule has 2 aliphatic rings. The molecular formula is C13H18O3. The SMILES string of the molecule is CC12CCCC1=C(CCC(=O)O)C(=O)CC2. The highest BCUT2D eigenvalue weighted by Crippen LogP contribution is 2.51. The minimum atomic E-state index is -0.814. The summed E-state index contributed by atoms with van der Waals surface area (Å²) in [7, 11) is 0. The molecule has 0 bridgehead atoms. The first kappa shape index (κ1) is 11.4. The zero-order valence-electron chi connectivity index (χ0n) is 9.71. The van der Waals surface area contributed by atoms with Crippen LogP contribution in [-0.4, -0.2) is 16.9 Å². The number of ketones is 1. The van der Waals surface area contributed by atoms with E-state index in [1.807, 2.05) is 0 Å². The highest BCUT2D eigenvalue weighted by atomic mass is 16.4. The second-order valence-electron chi connectivity index (χ2n) is 5.19. The molecule has 1 saturated carbocycles. The summed E-state index contributed by atoms with van der Waals surface area (Å²) in [6, 6.07) is 0. The monoisotopic (exact) mass is 222 g/mol. The molecule has 16 heavy (non-hydrogen) atoms. The maximum absolute atomic E-state index is 11.8. The fraction of sp³-hybridized carbons (Fsp3) is 0.692. The van der Waals surface area contributed by atoms with Crippen LogP contribution in [0.2, 0.25) is 0 Å². The fourth-order valence-electron chi connectivity index (χ4n) is 3.13. The second kappa shape index (κ2) is 4.04. The van der Waals surface area contributed by atoms with Gasteiger partial charge in [-0.05, 0) is 43.1 Å². The van der Waals surface area contributed by atoms with Gasteiger partial charge in [0, 0.05) is 12.8 Å². The molecule has 2 aliphatic carbocycles. The normalized spacial score (nSPS) is 29.4. The van der Waals surface area contributed by atoms with Crippen LogP contribution in [0.4, 0.5) is 0 Å². The third-order valence-electron chi connectivity index (χ3n) is 4.08. The van der Waals surface area contributed by atoms with Gasteiger partial charge in [-0.25, -0.2) is 0 Å². The van der Waals surface area contributed by atoms with E-state index in [1.165, 1.54) is 5.57 Å². The molecule has 2 rings (SSSR count). The van der Waals surface area contributed by atoms with Crippen molar-refractivity contribution >= 4 is 11.8 Å². The summed E-state index contributed by atoms with van der Waals surface area (Å²) >= 11 is 0. The van der Waals surface area contributed by atoms with Crippen molar-refractivity contribution in [2.75, 3.05) is 0 Å². The van der Waals surface area contributed by atoms with Crippen molar-refractivity contribution in [1.82, 2.24) is 0 Å². The van der Waals surface area contributed by atoms with E-state index < -0.39 is 5.97 Å². The minimum absolute atomic E-state index is 0.0840. The molecule has 0 aromatic heterocycles. The molecule has 3 nitrogen and oxygen atoms in total. The van der Waals surface area contributed by atoms with Crippen LogP contribution in [0.1, 0.15) is 51.9 Å². The number of hydrogen-bond acceptors (Lipinski definition) is 2. The number of rotatable bonds is 3. The third kappa shape index (κ3) is 1.91. The van der Waals surface area contributed by atoms with Crippen LogP contribution in [0.3, 0.4) is 0 Å². The highest BCUT2D eigenvalue weighted by Gasteiger charge is 2.40. The molecule has 0 heterocycles. The molecule has 1 N–H and O–H groups in total. The second-order valence-corrected chi connectivity index (χ2v) is 5.19. The summed E-state index contributed by atoms with van der Waals surface area (Å²) in [5, 5.41) is 8.70. The summed E-state index contributed by atoms with van der Waals surface area (Å²) < 4.78 is 0. The number of fused-ring (bicyclic) bond motifs is 1. The molecule has 1 unspecified atom stereocenters. The van der Waals surface area contributed by atoms with Gasteiger partial charge < -0.3 is 5.11 Å². The van der Waals surface area contributed by atoms with E-state index >= 15 is 0 Å². The smallest absolute Gasteiger partial charge is 0.303 e. The van der Waals surface area contributed by atoms with E-state index in [9.17, 15) is 9.59 Å². The molecule has 0 spiro atoms. The van der Waals surface area contributed by atoms with Crippen LogP contribution in [0.5, 0.6) is 0 Å². The van der Waals surface area contributed by atoms with E-state index in [0.29, 0.717) is 12.8 Å². The Kier molecular flexibility index (Phi) is 2.87. The molecule has 0 aliphatic heterocycles. The molecule has 0 aromatic carbocycles. The summed E-state index contributed by atoms with van der Waals surface area (Å²) in [5.74, 6) is -0.623. The van der Waals surface area contributed by atoms with Crippen molar-refractivity contribution < 1.29 is 14.7 Å². The lowest BCUT2D eigenvalue weighted by Crippen LogP contribution is -2.25. The first-order chi connectivity index (χ1) is 7.53. The van der Waals surface area contributed by atoms with E-state index in [2.05, 4.69) is 6.92 Å². The van der Waals surface area contributed by atoms with E-state index in [1.54, 1.807) is 0 Å². The van der Waals surface area contributed by atoms with Gasteiger partial charge in [0.2, 0.25) is 0 Å². The van der Waals surface area contributed by atoms with Crippen LogP contribution in [-0.2, 0) is 9.59 Å². The number of aliphatic carboxylic acids is 1. The third-order valence-corrected chi connectivity index (χ3v) is 4.08. The average Bonchev–Trinajstić information content (AvgIpc) is 2.59. The van der Waals surface area contributed by atoms with Gasteiger partial charge >= 0.3 is 5.97 Å². The maximum atomic E-state index is 11.8. The van der Waals surface area contributed by atoms with Gasteiger partial charge in [-0.2, -0.15) is 0 Å². The summed E-state index contributed by atoms with van der Waals surface area (Å²) in [5.41, 5.74) is 2.31. The van der Waals surface area contributed by atoms with E-state index in [0.717, 1.165) is 31.3 Å². The van der Waals surface area contributed by atoms with E-state index in [4.69, 9.17) is 5.11 Å². The summed E-state index contributed by atoms with van der Waals surface area (Å²) in [6.45, 7) is 2.22. The fourth-order valence-corrected chi connectivity index (χ4v) is 3.13. The van der Waals surface area contributed by atoms with Gasteiger partial charge in [-0.15, -0.1) is 0 Å². The molecule has 0 aromatic rings. The first-order valence-corrected chi connectivity index (χ1v) is 6.00. The topological polar surface area (TPSA) is 54.4 Å². The Morgan fingerprint density at radius 2 is 2.12 bits per heavy atom. The van der Waals surface area contributed by atoms with Crippen LogP contribution in [0.15, 0.2) is 11.1 Å². The Morgan fingerprint density at radius 1 is 1.38 bits per heavy atom. The Labute approximate surface area is 95.5 Å². The molecule has 1 atom stereocenters. The quantitative estimate of drug-likeness (QED) is 0.798. The Bertz CT molecular complexity index is 367. The van der Waals surface area contributed by atoms with Crippen molar-refractivity contribution in [3.05, 3.63) is 11.1 Å². The summed E-state index contributed by atoms with van der Waals surface area (Å²) in [4.78, 5) is 22.4. The number of hydrogen-bond donors (Lipinski definition) is 1. The molecule has 1 fully saturated rings. The molecule has 0 amide bonds. The minimum Gasteiger partial charge on any atom is -0.481 e. The standard InChI is InChI=1S/C13H18O3/c1-13-7-2-3-10(13)9(4-5-12(15)16)11(14)6-8-13/h2-8H2,1H3,(H,15,16). The lowest BCUT2D eigenvalue weighted by atomic mass is 9.71. The number of carboxylic acids is 1. The molecule has 0 saturated heterocycles. The molecular weight excluding hydrogens is 204 g/mol. The van der Waals surface area contributed by atoms with Crippen LogP contribution < -0.4 is 0 Å². The van der Waals surface area contributed by atoms with Crippen molar-refractivity contribution in [2.45, 2.75) is 51.9 Å². The average molecular weight is 222 g/mol.